The third-order valence-corrected chi connectivity index (χ3v) is 4.01. The molecule has 3 aromatic rings. The van der Waals surface area contributed by atoms with Crippen LogP contribution in [-0.2, 0) is 0 Å². The van der Waals surface area contributed by atoms with E-state index >= 15 is 0 Å². The number of aryl methyl sites for hydroxylation is 1. The molecule has 0 amide bonds. The Bertz CT molecular complexity index is 782. The number of aromatic nitrogens is 1. The lowest BCUT2D eigenvalue weighted by Crippen LogP contribution is -2.00. The highest BCUT2D eigenvalue weighted by Gasteiger charge is 2.10. The van der Waals surface area contributed by atoms with Gasteiger partial charge in [0.1, 0.15) is 0 Å². The Labute approximate surface area is 129 Å². The number of nitrogens with zero attached hydrogens (tertiary/aromatic N) is 1. The molecule has 0 aliphatic heterocycles. The summed E-state index contributed by atoms with van der Waals surface area (Å²) in [4.78, 5) is 4.82. The highest BCUT2D eigenvalue weighted by Crippen LogP contribution is 2.32. The molecule has 2 aromatic carbocycles. The molecule has 0 saturated carbocycles. The first-order valence-electron chi connectivity index (χ1n) is 7.10. The number of hydrogen-bond acceptors (Lipinski definition) is 2. The molecule has 2 nitrogen and oxygen atoms in total. The molecule has 21 heavy (non-hydrogen) atoms. The maximum Gasteiger partial charge on any atom is 0.0774 e. The Kier molecular flexibility index (Phi) is 3.80. The predicted octanol–water partition coefficient (Wildman–Crippen LogP) is 5.30. The van der Waals surface area contributed by atoms with Crippen LogP contribution in [-0.4, -0.2) is 11.5 Å². The van der Waals surface area contributed by atoms with Gasteiger partial charge in [-0.1, -0.05) is 41.9 Å². The molecule has 0 atom stereocenters. The smallest absolute Gasteiger partial charge is 0.0774 e. The molecule has 0 unspecified atom stereocenters. The van der Waals surface area contributed by atoms with Crippen LogP contribution in [0, 0.1) is 6.92 Å². The van der Waals surface area contributed by atoms with Crippen LogP contribution in [0.15, 0.2) is 48.5 Å². The van der Waals surface area contributed by atoms with Crippen LogP contribution in [0.2, 0.25) is 5.02 Å². The average Bonchev–Trinajstić information content (AvgIpc) is 2.52. The summed E-state index contributed by atoms with van der Waals surface area (Å²) in [5, 5.41) is 5.29. The van der Waals surface area contributed by atoms with E-state index in [-0.39, 0.29) is 0 Å². The van der Waals surface area contributed by atoms with Gasteiger partial charge < -0.3 is 5.32 Å². The summed E-state index contributed by atoms with van der Waals surface area (Å²) in [6.45, 7) is 4.98. The SMILES string of the molecule is CCNc1cc(-c2ccccc2)nc2c(C)c(Cl)ccc12. The lowest BCUT2D eigenvalue weighted by molar-refractivity contribution is 1.21. The van der Waals surface area contributed by atoms with Gasteiger partial charge in [0.05, 0.1) is 11.2 Å². The Hall–Kier alpha value is -2.06. The summed E-state index contributed by atoms with van der Waals surface area (Å²) in [7, 11) is 0. The van der Waals surface area contributed by atoms with Crippen LogP contribution in [0.25, 0.3) is 22.2 Å². The van der Waals surface area contributed by atoms with Crippen LogP contribution in [0.1, 0.15) is 12.5 Å². The largest absolute Gasteiger partial charge is 0.385 e. The molecule has 0 saturated heterocycles. The second-order valence-electron chi connectivity index (χ2n) is 5.02. The normalized spacial score (nSPS) is 10.8. The van der Waals surface area contributed by atoms with E-state index in [0.717, 1.165) is 45.0 Å². The molecular formula is C18H17ClN2. The maximum atomic E-state index is 6.26. The van der Waals surface area contributed by atoms with Gasteiger partial charge >= 0.3 is 0 Å². The standard InChI is InChI=1S/C18H17ClN2/c1-3-20-17-11-16(13-7-5-4-6-8-13)21-18-12(2)15(19)10-9-14(17)18/h4-11H,3H2,1-2H3,(H,20,21). The first kappa shape index (κ1) is 13.9. The number of benzene rings is 2. The molecule has 3 rings (SSSR count). The third kappa shape index (κ3) is 2.59. The van der Waals surface area contributed by atoms with Gasteiger partial charge in [-0.3, -0.25) is 0 Å². The number of fused-ring (bicyclic) bond motifs is 1. The molecular weight excluding hydrogens is 280 g/mol. The van der Waals surface area contributed by atoms with Crippen LogP contribution in [0.5, 0.6) is 0 Å². The summed E-state index contributed by atoms with van der Waals surface area (Å²) < 4.78 is 0. The fourth-order valence-corrected chi connectivity index (χ4v) is 2.65. The van der Waals surface area contributed by atoms with Gasteiger partial charge in [0, 0.05) is 28.2 Å². The molecule has 3 heteroatoms. The third-order valence-electron chi connectivity index (χ3n) is 3.61. The zero-order valence-electron chi connectivity index (χ0n) is 12.2. The van der Waals surface area contributed by atoms with Crippen molar-refractivity contribution in [3.8, 4) is 11.3 Å². The van der Waals surface area contributed by atoms with Crippen molar-refractivity contribution in [1.29, 1.82) is 0 Å². The lowest BCUT2D eigenvalue weighted by Gasteiger charge is -2.13. The topological polar surface area (TPSA) is 24.9 Å². The van der Waals surface area contributed by atoms with E-state index in [2.05, 4.69) is 30.4 Å². The molecule has 1 heterocycles. The monoisotopic (exact) mass is 296 g/mol. The molecule has 0 radical (unpaired) electrons. The summed E-state index contributed by atoms with van der Waals surface area (Å²) in [5.74, 6) is 0. The lowest BCUT2D eigenvalue weighted by atomic mass is 10.1. The molecule has 0 aliphatic rings. The van der Waals surface area contributed by atoms with Gasteiger partial charge in [-0.2, -0.15) is 0 Å². The molecule has 0 aliphatic carbocycles. The highest BCUT2D eigenvalue weighted by molar-refractivity contribution is 6.32. The summed E-state index contributed by atoms with van der Waals surface area (Å²) >= 11 is 6.26. The van der Waals surface area contributed by atoms with Gasteiger partial charge in [0.15, 0.2) is 0 Å². The van der Waals surface area contributed by atoms with E-state index in [9.17, 15) is 0 Å². The van der Waals surface area contributed by atoms with E-state index in [0.29, 0.717) is 0 Å². The Morgan fingerprint density at radius 1 is 1.10 bits per heavy atom. The van der Waals surface area contributed by atoms with Gasteiger partial charge in [-0.15, -0.1) is 0 Å². The Balaban J connectivity index is 2.30. The average molecular weight is 297 g/mol. The molecule has 0 bridgehead atoms. The highest BCUT2D eigenvalue weighted by atomic mass is 35.5. The van der Waals surface area contributed by atoms with Crippen molar-refractivity contribution in [2.75, 3.05) is 11.9 Å². The van der Waals surface area contributed by atoms with E-state index in [4.69, 9.17) is 16.6 Å². The van der Waals surface area contributed by atoms with Crippen molar-refractivity contribution in [2.45, 2.75) is 13.8 Å². The van der Waals surface area contributed by atoms with Crippen molar-refractivity contribution in [3.63, 3.8) is 0 Å². The quantitative estimate of drug-likeness (QED) is 0.710. The minimum Gasteiger partial charge on any atom is -0.385 e. The van der Waals surface area contributed by atoms with Gasteiger partial charge in [-0.05, 0) is 37.6 Å². The number of halogens is 1. The minimum absolute atomic E-state index is 0.752. The second kappa shape index (κ2) is 5.74. The fourth-order valence-electron chi connectivity index (χ4n) is 2.50. The molecule has 106 valence electrons. The minimum atomic E-state index is 0.752. The van der Waals surface area contributed by atoms with Crippen LogP contribution in [0.3, 0.4) is 0 Å². The van der Waals surface area contributed by atoms with Crippen molar-refractivity contribution in [3.05, 3.63) is 59.1 Å². The summed E-state index contributed by atoms with van der Waals surface area (Å²) in [5.41, 5.74) is 5.15. The maximum absolute atomic E-state index is 6.26. The first-order chi connectivity index (χ1) is 10.2. The van der Waals surface area contributed by atoms with Crippen LogP contribution < -0.4 is 5.32 Å². The number of nitrogens with one attached hydrogen (secondary N) is 1. The first-order valence-corrected chi connectivity index (χ1v) is 7.47. The van der Waals surface area contributed by atoms with Crippen LogP contribution in [0.4, 0.5) is 5.69 Å². The number of hydrogen-bond donors (Lipinski definition) is 1. The zero-order chi connectivity index (χ0) is 14.8. The number of anilines is 1. The zero-order valence-corrected chi connectivity index (χ0v) is 12.9. The van der Waals surface area contributed by atoms with E-state index < -0.39 is 0 Å². The van der Waals surface area contributed by atoms with E-state index in [1.54, 1.807) is 0 Å². The fraction of sp³-hybridized carbons (Fsp3) is 0.167. The second-order valence-corrected chi connectivity index (χ2v) is 5.43. The van der Waals surface area contributed by atoms with E-state index in [1.807, 2.05) is 37.3 Å². The Morgan fingerprint density at radius 3 is 2.57 bits per heavy atom. The summed E-state index contributed by atoms with van der Waals surface area (Å²) in [6.07, 6.45) is 0. The summed E-state index contributed by atoms with van der Waals surface area (Å²) in [6, 6.07) is 16.3. The van der Waals surface area contributed by atoms with E-state index in [1.165, 1.54) is 0 Å². The number of rotatable bonds is 3. The van der Waals surface area contributed by atoms with Crippen LogP contribution >= 0.6 is 11.6 Å². The van der Waals surface area contributed by atoms with Crippen molar-refractivity contribution < 1.29 is 0 Å². The molecule has 1 aromatic heterocycles. The van der Waals surface area contributed by atoms with Crippen molar-refractivity contribution in [2.24, 2.45) is 0 Å². The van der Waals surface area contributed by atoms with Crippen molar-refractivity contribution in [1.82, 2.24) is 4.98 Å². The predicted molar refractivity (Wildman–Crippen MR) is 91.1 cm³/mol. The number of pyridine rings is 1. The molecule has 0 spiro atoms. The molecule has 0 fully saturated rings. The van der Waals surface area contributed by atoms with Gasteiger partial charge in [0.25, 0.3) is 0 Å². The Morgan fingerprint density at radius 2 is 1.86 bits per heavy atom. The molecule has 1 N–H and O–H groups in total. The van der Waals surface area contributed by atoms with Crippen molar-refractivity contribution >= 4 is 28.2 Å². The van der Waals surface area contributed by atoms with Gasteiger partial charge in [0.2, 0.25) is 0 Å². The van der Waals surface area contributed by atoms with Gasteiger partial charge in [-0.25, -0.2) is 4.98 Å².